The maximum absolute atomic E-state index is 13.3. The Morgan fingerprint density at radius 3 is 2.62 bits per heavy atom. The molecule has 0 amide bonds. The standard InChI is InChI=1S/C17H19FN2S/c1-12-4-3-5-13(8-12)10-20(2)11-14-6-7-15(18)9-16(14)17(19)21/h3-9H,10-11H2,1-2H3,(H2,19,21). The summed E-state index contributed by atoms with van der Waals surface area (Å²) in [4.78, 5) is 2.39. The van der Waals surface area contributed by atoms with E-state index in [1.165, 1.54) is 23.3 Å². The van der Waals surface area contributed by atoms with Gasteiger partial charge in [0.1, 0.15) is 10.8 Å². The molecular weight excluding hydrogens is 283 g/mol. The first-order valence-electron chi connectivity index (χ1n) is 6.78. The molecule has 2 N–H and O–H groups in total. The summed E-state index contributed by atoms with van der Waals surface area (Å²) in [5, 5.41) is 0. The number of benzene rings is 2. The molecular formula is C17H19FN2S. The normalized spacial score (nSPS) is 10.9. The van der Waals surface area contributed by atoms with Crippen molar-refractivity contribution in [3.05, 3.63) is 70.5 Å². The molecule has 0 saturated carbocycles. The van der Waals surface area contributed by atoms with E-state index in [0.29, 0.717) is 12.1 Å². The third-order valence-electron chi connectivity index (χ3n) is 3.31. The molecule has 2 rings (SSSR count). The molecule has 21 heavy (non-hydrogen) atoms. The van der Waals surface area contributed by atoms with Crippen LogP contribution in [0.2, 0.25) is 0 Å². The molecule has 0 atom stereocenters. The highest BCUT2D eigenvalue weighted by molar-refractivity contribution is 7.80. The first kappa shape index (κ1) is 15.6. The van der Waals surface area contributed by atoms with E-state index < -0.39 is 0 Å². The van der Waals surface area contributed by atoms with Crippen molar-refractivity contribution >= 4 is 17.2 Å². The van der Waals surface area contributed by atoms with Crippen LogP contribution < -0.4 is 5.73 Å². The minimum absolute atomic E-state index is 0.230. The third kappa shape index (κ3) is 4.34. The van der Waals surface area contributed by atoms with Crippen LogP contribution in [0.3, 0.4) is 0 Å². The largest absolute Gasteiger partial charge is 0.389 e. The van der Waals surface area contributed by atoms with Gasteiger partial charge in [0.25, 0.3) is 0 Å². The van der Waals surface area contributed by atoms with Gasteiger partial charge >= 0.3 is 0 Å². The molecule has 2 aromatic carbocycles. The molecule has 2 aromatic rings. The van der Waals surface area contributed by atoms with E-state index in [0.717, 1.165) is 12.1 Å². The van der Waals surface area contributed by atoms with Crippen LogP contribution in [0.4, 0.5) is 4.39 Å². The highest BCUT2D eigenvalue weighted by Crippen LogP contribution is 2.15. The van der Waals surface area contributed by atoms with Crippen molar-refractivity contribution < 1.29 is 4.39 Å². The Hall–Kier alpha value is -1.78. The number of thiocarbonyl (C=S) groups is 1. The summed E-state index contributed by atoms with van der Waals surface area (Å²) < 4.78 is 13.3. The molecule has 0 fully saturated rings. The number of rotatable bonds is 5. The van der Waals surface area contributed by atoms with Gasteiger partial charge in [-0.15, -0.1) is 0 Å². The fourth-order valence-electron chi connectivity index (χ4n) is 2.38. The monoisotopic (exact) mass is 302 g/mol. The van der Waals surface area contributed by atoms with Crippen LogP contribution in [-0.4, -0.2) is 16.9 Å². The summed E-state index contributed by atoms with van der Waals surface area (Å²) in [5.41, 5.74) is 9.72. The lowest BCUT2D eigenvalue weighted by Crippen LogP contribution is -2.21. The quantitative estimate of drug-likeness (QED) is 0.858. The van der Waals surface area contributed by atoms with E-state index in [1.54, 1.807) is 6.07 Å². The van der Waals surface area contributed by atoms with Gasteiger partial charge in [-0.2, -0.15) is 0 Å². The molecule has 0 spiro atoms. The van der Waals surface area contributed by atoms with E-state index in [4.69, 9.17) is 18.0 Å². The molecule has 4 heteroatoms. The van der Waals surface area contributed by atoms with E-state index in [1.807, 2.05) is 7.05 Å². The molecule has 2 nitrogen and oxygen atoms in total. The predicted molar refractivity (Wildman–Crippen MR) is 88.6 cm³/mol. The van der Waals surface area contributed by atoms with Crippen molar-refractivity contribution in [3.8, 4) is 0 Å². The Kier molecular flexibility index (Phi) is 5.04. The second-order valence-corrected chi connectivity index (χ2v) is 5.77. The summed E-state index contributed by atoms with van der Waals surface area (Å²) in [5.74, 6) is -0.317. The highest BCUT2D eigenvalue weighted by Gasteiger charge is 2.09. The topological polar surface area (TPSA) is 29.3 Å². The lowest BCUT2D eigenvalue weighted by Gasteiger charge is -2.19. The van der Waals surface area contributed by atoms with Gasteiger partial charge < -0.3 is 5.73 Å². The summed E-state index contributed by atoms with van der Waals surface area (Å²) >= 11 is 5.00. The van der Waals surface area contributed by atoms with Crippen LogP contribution in [-0.2, 0) is 13.1 Å². The number of nitrogens with zero attached hydrogens (tertiary/aromatic N) is 1. The maximum Gasteiger partial charge on any atom is 0.123 e. The van der Waals surface area contributed by atoms with Crippen LogP contribution in [0.5, 0.6) is 0 Å². The average molecular weight is 302 g/mol. The van der Waals surface area contributed by atoms with E-state index >= 15 is 0 Å². The summed E-state index contributed by atoms with van der Waals surface area (Å²) in [6.45, 7) is 3.56. The number of hydrogen-bond donors (Lipinski definition) is 1. The van der Waals surface area contributed by atoms with Crippen LogP contribution >= 0.6 is 12.2 Å². The number of halogens is 1. The molecule has 0 bridgehead atoms. The summed E-state index contributed by atoms with van der Waals surface area (Å²) in [6.07, 6.45) is 0. The number of hydrogen-bond acceptors (Lipinski definition) is 2. The van der Waals surface area contributed by atoms with Gasteiger partial charge in [0.05, 0.1) is 0 Å². The molecule has 0 aliphatic rings. The Morgan fingerprint density at radius 2 is 1.95 bits per heavy atom. The molecule has 0 aromatic heterocycles. The van der Waals surface area contributed by atoms with E-state index in [9.17, 15) is 4.39 Å². The average Bonchev–Trinajstić information content (AvgIpc) is 2.40. The smallest absolute Gasteiger partial charge is 0.123 e. The lowest BCUT2D eigenvalue weighted by atomic mass is 10.1. The zero-order valence-corrected chi connectivity index (χ0v) is 13.1. The second-order valence-electron chi connectivity index (χ2n) is 5.33. The van der Waals surface area contributed by atoms with Crippen molar-refractivity contribution in [1.29, 1.82) is 0 Å². The van der Waals surface area contributed by atoms with Crippen molar-refractivity contribution in [2.24, 2.45) is 5.73 Å². The molecule has 0 unspecified atom stereocenters. The van der Waals surface area contributed by atoms with Crippen molar-refractivity contribution in [2.45, 2.75) is 20.0 Å². The van der Waals surface area contributed by atoms with Gasteiger partial charge in [-0.25, -0.2) is 4.39 Å². The SMILES string of the molecule is Cc1cccc(CN(C)Cc2ccc(F)cc2C(N)=S)c1. The van der Waals surface area contributed by atoms with Crippen molar-refractivity contribution in [1.82, 2.24) is 4.90 Å². The number of nitrogens with two attached hydrogens (primary N) is 1. The fourth-order valence-corrected chi connectivity index (χ4v) is 2.57. The Morgan fingerprint density at radius 1 is 1.19 bits per heavy atom. The van der Waals surface area contributed by atoms with Gasteiger partial charge in [0.2, 0.25) is 0 Å². The second kappa shape index (κ2) is 6.78. The summed E-state index contributed by atoms with van der Waals surface area (Å²) in [7, 11) is 2.02. The van der Waals surface area contributed by atoms with E-state index in [2.05, 4.69) is 36.1 Å². The van der Waals surface area contributed by atoms with Crippen molar-refractivity contribution in [2.75, 3.05) is 7.05 Å². The molecule has 0 saturated heterocycles. The molecule has 0 radical (unpaired) electrons. The first-order valence-corrected chi connectivity index (χ1v) is 7.19. The minimum atomic E-state index is -0.317. The Labute approximate surface area is 130 Å². The van der Waals surface area contributed by atoms with Crippen LogP contribution in [0.1, 0.15) is 22.3 Å². The van der Waals surface area contributed by atoms with Crippen LogP contribution in [0.25, 0.3) is 0 Å². The minimum Gasteiger partial charge on any atom is -0.389 e. The molecule has 110 valence electrons. The molecule has 0 aliphatic carbocycles. The fraction of sp³-hybridized carbons (Fsp3) is 0.235. The van der Waals surface area contributed by atoms with Gasteiger partial charge in [-0.1, -0.05) is 48.1 Å². The Balaban J connectivity index is 2.12. The zero-order valence-electron chi connectivity index (χ0n) is 12.3. The van der Waals surface area contributed by atoms with Gasteiger partial charge in [-0.05, 0) is 37.2 Å². The maximum atomic E-state index is 13.3. The van der Waals surface area contributed by atoms with Crippen LogP contribution in [0.15, 0.2) is 42.5 Å². The van der Waals surface area contributed by atoms with Gasteiger partial charge in [-0.3, -0.25) is 4.90 Å². The van der Waals surface area contributed by atoms with Gasteiger partial charge in [0.15, 0.2) is 0 Å². The third-order valence-corrected chi connectivity index (χ3v) is 3.53. The lowest BCUT2D eigenvalue weighted by molar-refractivity contribution is 0.318. The first-order chi connectivity index (χ1) is 9.95. The predicted octanol–water partition coefficient (Wildman–Crippen LogP) is 3.40. The molecule has 0 aliphatic heterocycles. The Bertz CT molecular complexity index is 655. The zero-order chi connectivity index (χ0) is 15.4. The summed E-state index contributed by atoms with van der Waals surface area (Å²) in [6, 6.07) is 13.0. The van der Waals surface area contributed by atoms with Crippen LogP contribution in [0, 0.1) is 12.7 Å². The molecule has 0 heterocycles. The van der Waals surface area contributed by atoms with Gasteiger partial charge in [0, 0.05) is 18.7 Å². The number of aryl methyl sites for hydroxylation is 1. The highest BCUT2D eigenvalue weighted by atomic mass is 32.1. The van der Waals surface area contributed by atoms with Crippen molar-refractivity contribution in [3.63, 3.8) is 0 Å². The van der Waals surface area contributed by atoms with E-state index in [-0.39, 0.29) is 10.8 Å².